The fourth-order valence-electron chi connectivity index (χ4n) is 3.60. The van der Waals surface area contributed by atoms with Crippen molar-refractivity contribution in [1.29, 1.82) is 0 Å². The van der Waals surface area contributed by atoms with Crippen molar-refractivity contribution in [1.82, 2.24) is 9.80 Å². The van der Waals surface area contributed by atoms with Crippen LogP contribution in [-0.2, 0) is 9.59 Å². The fraction of sp³-hybridized carbons (Fsp3) is 0.867. The summed E-state index contributed by atoms with van der Waals surface area (Å²) in [6.45, 7) is 6.97. The van der Waals surface area contributed by atoms with E-state index in [0.29, 0.717) is 18.3 Å². The molecule has 2 heterocycles. The number of piperidine rings is 2. The number of carboxylic acid groups (broad SMARTS) is 1. The minimum atomic E-state index is -0.794. The molecule has 0 aromatic heterocycles. The van der Waals surface area contributed by atoms with Gasteiger partial charge in [-0.2, -0.15) is 0 Å². The van der Waals surface area contributed by atoms with Crippen molar-refractivity contribution in [2.24, 2.45) is 11.8 Å². The van der Waals surface area contributed by atoms with Crippen LogP contribution in [0.3, 0.4) is 0 Å². The number of carbonyl (C=O) groups excluding carboxylic acids is 1. The Morgan fingerprint density at radius 2 is 1.80 bits per heavy atom. The van der Waals surface area contributed by atoms with Crippen molar-refractivity contribution in [3.05, 3.63) is 0 Å². The van der Waals surface area contributed by atoms with E-state index in [-0.39, 0.29) is 12.5 Å². The summed E-state index contributed by atoms with van der Waals surface area (Å²) in [5.74, 6) is 0.382. The van der Waals surface area contributed by atoms with Crippen molar-refractivity contribution in [3.63, 3.8) is 0 Å². The normalized spacial score (nSPS) is 32.1. The van der Waals surface area contributed by atoms with Crippen molar-refractivity contribution in [3.8, 4) is 0 Å². The maximum atomic E-state index is 12.4. The largest absolute Gasteiger partial charge is 0.480 e. The van der Waals surface area contributed by atoms with E-state index >= 15 is 0 Å². The zero-order chi connectivity index (χ0) is 14.7. The van der Waals surface area contributed by atoms with Gasteiger partial charge in [-0.05, 0) is 37.6 Å². The predicted octanol–water partition coefficient (Wildman–Crippen LogP) is 1.43. The smallest absolute Gasteiger partial charge is 0.320 e. The van der Waals surface area contributed by atoms with Crippen LogP contribution in [0.1, 0.15) is 39.5 Å². The average Bonchev–Trinajstić information content (AvgIpc) is 2.37. The van der Waals surface area contributed by atoms with Gasteiger partial charge < -0.3 is 10.0 Å². The summed E-state index contributed by atoms with van der Waals surface area (Å²) < 4.78 is 0. The molecule has 2 saturated heterocycles. The zero-order valence-electron chi connectivity index (χ0n) is 12.5. The Kier molecular flexibility index (Phi) is 5.02. The van der Waals surface area contributed by atoms with E-state index in [4.69, 9.17) is 0 Å². The third-order valence-corrected chi connectivity index (χ3v) is 4.46. The first-order valence-electron chi connectivity index (χ1n) is 7.72. The number of aliphatic carboxylic acids is 1. The van der Waals surface area contributed by atoms with E-state index in [2.05, 4.69) is 13.8 Å². The average molecular weight is 282 g/mol. The minimum absolute atomic E-state index is 0.0940. The summed E-state index contributed by atoms with van der Waals surface area (Å²) in [7, 11) is 0. The Morgan fingerprint density at radius 1 is 1.15 bits per heavy atom. The van der Waals surface area contributed by atoms with Crippen LogP contribution in [0, 0.1) is 11.8 Å². The van der Waals surface area contributed by atoms with Gasteiger partial charge in [-0.15, -0.1) is 0 Å². The van der Waals surface area contributed by atoms with E-state index in [1.165, 1.54) is 6.42 Å². The highest BCUT2D eigenvalue weighted by Gasteiger charge is 2.32. The van der Waals surface area contributed by atoms with Crippen LogP contribution in [0.25, 0.3) is 0 Å². The molecule has 20 heavy (non-hydrogen) atoms. The monoisotopic (exact) mass is 282 g/mol. The molecule has 0 bridgehead atoms. The zero-order valence-corrected chi connectivity index (χ0v) is 12.5. The second-order valence-corrected chi connectivity index (χ2v) is 6.57. The van der Waals surface area contributed by atoms with Crippen LogP contribution < -0.4 is 0 Å². The quantitative estimate of drug-likeness (QED) is 0.850. The molecule has 0 saturated carbocycles. The Bertz CT molecular complexity index is 362. The molecule has 114 valence electrons. The molecule has 5 heteroatoms. The van der Waals surface area contributed by atoms with Crippen LogP contribution in [-0.4, -0.2) is 59.0 Å². The Morgan fingerprint density at radius 3 is 2.40 bits per heavy atom. The molecule has 0 aromatic carbocycles. The first kappa shape index (κ1) is 15.3. The molecule has 0 spiro atoms. The Balaban J connectivity index is 1.94. The highest BCUT2D eigenvalue weighted by atomic mass is 16.4. The molecular weight excluding hydrogens is 256 g/mol. The Labute approximate surface area is 120 Å². The highest BCUT2D eigenvalue weighted by Crippen LogP contribution is 2.22. The number of hydrogen-bond acceptors (Lipinski definition) is 3. The van der Waals surface area contributed by atoms with Gasteiger partial charge in [0, 0.05) is 13.1 Å². The third kappa shape index (κ3) is 3.72. The van der Waals surface area contributed by atoms with Gasteiger partial charge in [0.2, 0.25) is 5.91 Å². The van der Waals surface area contributed by atoms with Gasteiger partial charge >= 0.3 is 5.97 Å². The molecule has 1 N–H and O–H groups in total. The van der Waals surface area contributed by atoms with Gasteiger partial charge in [-0.1, -0.05) is 20.3 Å². The summed E-state index contributed by atoms with van der Waals surface area (Å²) in [6, 6.07) is -0.479. The van der Waals surface area contributed by atoms with Crippen LogP contribution in [0.5, 0.6) is 0 Å². The second-order valence-electron chi connectivity index (χ2n) is 6.57. The van der Waals surface area contributed by atoms with Crippen LogP contribution in [0.2, 0.25) is 0 Å². The van der Waals surface area contributed by atoms with Crippen LogP contribution in [0.15, 0.2) is 0 Å². The second kappa shape index (κ2) is 6.57. The summed E-state index contributed by atoms with van der Waals surface area (Å²) in [5.41, 5.74) is 0. The lowest BCUT2D eigenvalue weighted by molar-refractivity contribution is -0.146. The molecule has 2 aliphatic heterocycles. The maximum absolute atomic E-state index is 12.4. The van der Waals surface area contributed by atoms with Gasteiger partial charge in [-0.3, -0.25) is 14.5 Å². The number of nitrogens with zero attached hydrogens (tertiary/aromatic N) is 2. The number of carbonyl (C=O) groups is 2. The summed E-state index contributed by atoms with van der Waals surface area (Å²) in [4.78, 5) is 27.4. The van der Waals surface area contributed by atoms with Gasteiger partial charge in [0.05, 0.1) is 6.54 Å². The number of amides is 1. The fourth-order valence-corrected chi connectivity index (χ4v) is 3.60. The minimum Gasteiger partial charge on any atom is -0.480 e. The molecule has 5 nitrogen and oxygen atoms in total. The van der Waals surface area contributed by atoms with Crippen molar-refractivity contribution >= 4 is 11.9 Å². The topological polar surface area (TPSA) is 60.9 Å². The predicted molar refractivity (Wildman–Crippen MR) is 76.4 cm³/mol. The molecular formula is C15H26N2O3. The first-order chi connectivity index (χ1) is 9.47. The molecule has 1 amide bonds. The maximum Gasteiger partial charge on any atom is 0.320 e. The van der Waals surface area contributed by atoms with Gasteiger partial charge in [-0.25, -0.2) is 0 Å². The lowest BCUT2D eigenvalue weighted by Crippen LogP contribution is -2.52. The van der Waals surface area contributed by atoms with Crippen molar-refractivity contribution < 1.29 is 14.7 Å². The van der Waals surface area contributed by atoms with Crippen molar-refractivity contribution in [2.45, 2.75) is 45.6 Å². The van der Waals surface area contributed by atoms with E-state index in [0.717, 1.165) is 32.5 Å². The molecule has 0 radical (unpaired) electrons. The molecule has 2 fully saturated rings. The van der Waals surface area contributed by atoms with E-state index in [1.54, 1.807) is 0 Å². The van der Waals surface area contributed by atoms with Gasteiger partial charge in [0.1, 0.15) is 6.04 Å². The summed E-state index contributed by atoms with van der Waals surface area (Å²) in [5, 5.41) is 9.25. The first-order valence-corrected chi connectivity index (χ1v) is 7.72. The Hall–Kier alpha value is -1.10. The van der Waals surface area contributed by atoms with Gasteiger partial charge in [0.25, 0.3) is 0 Å². The van der Waals surface area contributed by atoms with E-state index in [1.807, 2.05) is 9.80 Å². The standard InChI is InChI=1S/C15H26N2O3/c1-11-7-12(2)9-17(8-11)14(18)10-16-6-4-3-5-13(16)15(19)20/h11-13H,3-10H2,1-2H3,(H,19,20). The number of carboxylic acids is 1. The molecule has 3 atom stereocenters. The third-order valence-electron chi connectivity index (χ3n) is 4.46. The molecule has 0 aliphatic carbocycles. The number of rotatable bonds is 3. The SMILES string of the molecule is CC1CC(C)CN(C(=O)CN2CCCCC2C(=O)O)C1. The van der Waals surface area contributed by atoms with Crippen LogP contribution >= 0.6 is 0 Å². The molecule has 0 aromatic rings. The number of likely N-dealkylation sites (tertiary alicyclic amines) is 2. The summed E-state index contributed by atoms with van der Waals surface area (Å²) in [6.07, 6.45) is 3.77. The lowest BCUT2D eigenvalue weighted by Gasteiger charge is -2.38. The number of hydrogen-bond donors (Lipinski definition) is 1. The highest BCUT2D eigenvalue weighted by molar-refractivity contribution is 5.80. The lowest BCUT2D eigenvalue weighted by atomic mass is 9.92. The molecule has 2 rings (SSSR count). The molecule has 2 aliphatic rings. The van der Waals surface area contributed by atoms with Gasteiger partial charge in [0.15, 0.2) is 0 Å². The van der Waals surface area contributed by atoms with E-state index in [9.17, 15) is 14.7 Å². The molecule has 3 unspecified atom stereocenters. The summed E-state index contributed by atoms with van der Waals surface area (Å²) >= 11 is 0. The van der Waals surface area contributed by atoms with Crippen LogP contribution in [0.4, 0.5) is 0 Å². The van der Waals surface area contributed by atoms with Crippen molar-refractivity contribution in [2.75, 3.05) is 26.2 Å². The van der Waals surface area contributed by atoms with E-state index < -0.39 is 12.0 Å².